The van der Waals surface area contributed by atoms with Gasteiger partial charge in [0.1, 0.15) is 5.82 Å². The minimum Gasteiger partial charge on any atom is -0.349 e. The second-order valence-corrected chi connectivity index (χ2v) is 8.63. The summed E-state index contributed by atoms with van der Waals surface area (Å²) >= 11 is 1.52. The van der Waals surface area contributed by atoms with Crippen molar-refractivity contribution >= 4 is 17.7 Å². The number of nitrogens with zero attached hydrogens (tertiary/aromatic N) is 3. The third-order valence-corrected chi connectivity index (χ3v) is 6.75. The fourth-order valence-corrected chi connectivity index (χ4v) is 5.34. The molecule has 1 fully saturated rings. The van der Waals surface area contributed by atoms with Gasteiger partial charge in [-0.05, 0) is 50.2 Å². The number of rotatable bonds is 5. The van der Waals surface area contributed by atoms with Crippen molar-refractivity contribution in [1.29, 1.82) is 0 Å². The lowest BCUT2D eigenvalue weighted by Gasteiger charge is -2.26. The first-order valence-corrected chi connectivity index (χ1v) is 11.1. The van der Waals surface area contributed by atoms with E-state index in [0.717, 1.165) is 30.2 Å². The number of aryl methyl sites for hydroxylation is 2. The molecule has 1 atom stereocenters. The minimum atomic E-state index is 0.0811. The molecule has 2 aromatic rings. The number of thioether (sulfide) groups is 1. The van der Waals surface area contributed by atoms with Gasteiger partial charge in [-0.2, -0.15) is 0 Å². The third kappa shape index (κ3) is 4.21. The van der Waals surface area contributed by atoms with Crippen molar-refractivity contribution in [3.05, 3.63) is 41.2 Å². The fraction of sp³-hybridized carbons (Fsp3) is 0.571. The van der Waals surface area contributed by atoms with E-state index < -0.39 is 0 Å². The minimum absolute atomic E-state index is 0.0811. The van der Waals surface area contributed by atoms with E-state index in [9.17, 15) is 4.79 Å². The second kappa shape index (κ2) is 8.46. The van der Waals surface area contributed by atoms with E-state index in [1.165, 1.54) is 55.0 Å². The molecule has 0 bridgehead atoms. The number of aromatic nitrogens is 3. The van der Waals surface area contributed by atoms with Gasteiger partial charge in [0, 0.05) is 6.04 Å². The zero-order valence-corrected chi connectivity index (χ0v) is 16.8. The monoisotopic (exact) mass is 384 g/mol. The van der Waals surface area contributed by atoms with Crippen molar-refractivity contribution in [3.8, 4) is 0 Å². The number of carbonyl (C=O) groups excluding carboxylic acids is 1. The van der Waals surface area contributed by atoms with Gasteiger partial charge in [0.2, 0.25) is 5.91 Å². The van der Waals surface area contributed by atoms with Crippen LogP contribution in [0.2, 0.25) is 0 Å². The van der Waals surface area contributed by atoms with Gasteiger partial charge in [-0.25, -0.2) is 0 Å². The number of nitrogens with one attached hydrogen (secondary N) is 1. The van der Waals surface area contributed by atoms with E-state index >= 15 is 0 Å². The van der Waals surface area contributed by atoms with Gasteiger partial charge in [0.25, 0.3) is 0 Å². The molecule has 1 amide bonds. The van der Waals surface area contributed by atoms with E-state index in [4.69, 9.17) is 0 Å². The van der Waals surface area contributed by atoms with Crippen LogP contribution in [0.4, 0.5) is 0 Å². The highest BCUT2D eigenvalue weighted by Gasteiger charge is 2.24. The molecule has 4 rings (SSSR count). The summed E-state index contributed by atoms with van der Waals surface area (Å²) in [7, 11) is 0. The fourth-order valence-electron chi connectivity index (χ4n) is 4.48. The maximum atomic E-state index is 12.6. The Labute approximate surface area is 165 Å². The highest BCUT2D eigenvalue weighted by molar-refractivity contribution is 7.99. The predicted molar refractivity (Wildman–Crippen MR) is 108 cm³/mol. The van der Waals surface area contributed by atoms with Gasteiger partial charge in [0.05, 0.1) is 11.8 Å². The predicted octanol–water partition coefficient (Wildman–Crippen LogP) is 4.38. The topological polar surface area (TPSA) is 59.8 Å². The lowest BCUT2D eigenvalue weighted by Crippen LogP contribution is -2.32. The second-order valence-electron chi connectivity index (χ2n) is 7.69. The average Bonchev–Trinajstić information content (AvgIpc) is 3.08. The van der Waals surface area contributed by atoms with Gasteiger partial charge >= 0.3 is 0 Å². The summed E-state index contributed by atoms with van der Waals surface area (Å²) < 4.78 is 2.26. The lowest BCUT2D eigenvalue weighted by molar-refractivity contribution is -0.119. The van der Waals surface area contributed by atoms with Crippen LogP contribution < -0.4 is 5.32 Å². The molecule has 1 heterocycles. The Hall–Kier alpha value is -1.82. The maximum absolute atomic E-state index is 12.6. The standard InChI is InChI=1S/C21H28N4OS/c1-15-23-24-21(25(15)17-10-3-2-4-11-17)27-14-20(26)22-19-13-7-9-16-8-5-6-12-18(16)19/h5-6,8,12,17,19H,2-4,7,9-11,13-14H2,1H3,(H,22,26). The summed E-state index contributed by atoms with van der Waals surface area (Å²) in [5, 5.41) is 12.7. The lowest BCUT2D eigenvalue weighted by atomic mass is 9.88. The molecule has 0 saturated heterocycles. The quantitative estimate of drug-likeness (QED) is 0.777. The number of carbonyl (C=O) groups is 1. The molecule has 27 heavy (non-hydrogen) atoms. The molecule has 0 aliphatic heterocycles. The Morgan fingerprint density at radius 2 is 1.96 bits per heavy atom. The van der Waals surface area contributed by atoms with Gasteiger partial charge < -0.3 is 9.88 Å². The summed E-state index contributed by atoms with van der Waals surface area (Å²) in [6.45, 7) is 2.02. The molecule has 1 saturated carbocycles. The zero-order valence-electron chi connectivity index (χ0n) is 16.0. The normalized spacial score (nSPS) is 20.3. The Kier molecular flexibility index (Phi) is 5.81. The largest absolute Gasteiger partial charge is 0.349 e. The summed E-state index contributed by atoms with van der Waals surface area (Å²) in [6, 6.07) is 9.10. The number of amides is 1. The van der Waals surface area contributed by atoms with Crippen molar-refractivity contribution in [2.45, 2.75) is 75.5 Å². The van der Waals surface area contributed by atoms with E-state index in [1.54, 1.807) is 0 Å². The molecule has 1 aromatic heterocycles. The van der Waals surface area contributed by atoms with Crippen LogP contribution in [-0.4, -0.2) is 26.4 Å². The number of benzene rings is 1. The highest BCUT2D eigenvalue weighted by Crippen LogP contribution is 2.33. The van der Waals surface area contributed by atoms with Crippen molar-refractivity contribution in [2.75, 3.05) is 5.75 Å². The van der Waals surface area contributed by atoms with Crippen LogP contribution in [0, 0.1) is 6.92 Å². The van der Waals surface area contributed by atoms with Crippen LogP contribution in [0.25, 0.3) is 0 Å². The molecule has 2 aliphatic rings. The molecule has 0 spiro atoms. The van der Waals surface area contributed by atoms with Gasteiger partial charge in [0.15, 0.2) is 5.16 Å². The smallest absolute Gasteiger partial charge is 0.230 e. The highest BCUT2D eigenvalue weighted by atomic mass is 32.2. The Balaban J connectivity index is 1.38. The molecule has 144 valence electrons. The molecular weight excluding hydrogens is 356 g/mol. The van der Waals surface area contributed by atoms with Gasteiger partial charge in [-0.3, -0.25) is 4.79 Å². The van der Waals surface area contributed by atoms with Crippen LogP contribution in [-0.2, 0) is 11.2 Å². The van der Waals surface area contributed by atoms with E-state index in [0.29, 0.717) is 11.8 Å². The molecule has 6 heteroatoms. The maximum Gasteiger partial charge on any atom is 0.230 e. The van der Waals surface area contributed by atoms with Crippen LogP contribution in [0.1, 0.15) is 74.0 Å². The van der Waals surface area contributed by atoms with E-state index in [-0.39, 0.29) is 11.9 Å². The first-order valence-electron chi connectivity index (χ1n) is 10.1. The Morgan fingerprint density at radius 1 is 1.15 bits per heavy atom. The van der Waals surface area contributed by atoms with Gasteiger partial charge in [-0.1, -0.05) is 55.3 Å². The molecule has 1 unspecified atom stereocenters. The molecular formula is C21H28N4OS. The molecule has 5 nitrogen and oxygen atoms in total. The van der Waals surface area contributed by atoms with Crippen LogP contribution in [0.5, 0.6) is 0 Å². The SMILES string of the molecule is Cc1nnc(SCC(=O)NC2CCCc3ccccc32)n1C1CCCCC1. The van der Waals surface area contributed by atoms with Crippen molar-refractivity contribution in [1.82, 2.24) is 20.1 Å². The van der Waals surface area contributed by atoms with E-state index in [1.807, 2.05) is 6.92 Å². The van der Waals surface area contributed by atoms with Crippen LogP contribution in [0.15, 0.2) is 29.4 Å². The number of hydrogen-bond donors (Lipinski definition) is 1. The van der Waals surface area contributed by atoms with Gasteiger partial charge in [-0.15, -0.1) is 10.2 Å². The van der Waals surface area contributed by atoms with Crippen molar-refractivity contribution in [2.24, 2.45) is 0 Å². The molecule has 2 aliphatic carbocycles. The molecule has 0 radical (unpaired) electrons. The summed E-state index contributed by atoms with van der Waals surface area (Å²) in [5.74, 6) is 1.44. The van der Waals surface area contributed by atoms with Crippen molar-refractivity contribution in [3.63, 3.8) is 0 Å². The van der Waals surface area contributed by atoms with Crippen molar-refractivity contribution < 1.29 is 4.79 Å². The molecule has 1 N–H and O–H groups in total. The number of hydrogen-bond acceptors (Lipinski definition) is 4. The van der Waals surface area contributed by atoms with E-state index in [2.05, 4.69) is 44.3 Å². The molecule has 1 aromatic carbocycles. The first-order chi connectivity index (χ1) is 13.2. The summed E-state index contributed by atoms with van der Waals surface area (Å²) in [6.07, 6.45) is 9.51. The Bertz CT molecular complexity index is 797. The Morgan fingerprint density at radius 3 is 2.81 bits per heavy atom. The zero-order chi connectivity index (χ0) is 18.6. The summed E-state index contributed by atoms with van der Waals surface area (Å²) in [5.41, 5.74) is 2.65. The first kappa shape index (κ1) is 18.5. The van der Waals surface area contributed by atoms with Crippen LogP contribution in [0.3, 0.4) is 0 Å². The third-order valence-electron chi connectivity index (χ3n) is 5.81. The average molecular weight is 385 g/mol. The van der Waals surface area contributed by atoms with Crippen LogP contribution >= 0.6 is 11.8 Å². The number of fused-ring (bicyclic) bond motifs is 1. The summed E-state index contributed by atoms with van der Waals surface area (Å²) in [4.78, 5) is 12.6.